The van der Waals surface area contributed by atoms with E-state index in [0.717, 1.165) is 42.7 Å². The number of nitrogens with zero attached hydrogens (tertiary/aromatic N) is 2. The van der Waals surface area contributed by atoms with Gasteiger partial charge in [-0.05, 0) is 50.1 Å². The van der Waals surface area contributed by atoms with Gasteiger partial charge in [0.1, 0.15) is 12.6 Å². The fraction of sp³-hybridized carbons (Fsp3) is 0.440. The van der Waals surface area contributed by atoms with Crippen LogP contribution in [0, 0.1) is 0 Å². The van der Waals surface area contributed by atoms with Gasteiger partial charge >= 0.3 is 0 Å². The predicted octanol–water partition coefficient (Wildman–Crippen LogP) is 5.93. The molecule has 1 N–H and O–H groups in total. The Hall–Kier alpha value is -1.71. The van der Waals surface area contributed by atoms with E-state index >= 15 is 0 Å². The number of sulfonamides is 1. The first-order chi connectivity index (χ1) is 17.4. The van der Waals surface area contributed by atoms with Crippen molar-refractivity contribution in [2.45, 2.75) is 57.7 Å². The molecule has 0 saturated heterocycles. The Morgan fingerprint density at radius 1 is 1.00 bits per heavy atom. The second-order valence-corrected chi connectivity index (χ2v) is 12.7. The molecule has 37 heavy (non-hydrogen) atoms. The van der Waals surface area contributed by atoms with Crippen molar-refractivity contribution in [2.24, 2.45) is 0 Å². The van der Waals surface area contributed by atoms with Crippen LogP contribution >= 0.6 is 46.4 Å². The molecule has 0 aliphatic heterocycles. The maximum Gasteiger partial charge on any atom is 0.244 e. The Kier molecular flexibility index (Phi) is 10.4. The predicted molar refractivity (Wildman–Crippen MR) is 150 cm³/mol. The van der Waals surface area contributed by atoms with Gasteiger partial charge in [-0.15, -0.1) is 0 Å². The summed E-state index contributed by atoms with van der Waals surface area (Å²) in [6.07, 6.45) is 5.91. The minimum atomic E-state index is -3.93. The van der Waals surface area contributed by atoms with Crippen molar-refractivity contribution >= 4 is 73.9 Å². The van der Waals surface area contributed by atoms with Gasteiger partial charge in [0.15, 0.2) is 0 Å². The zero-order valence-corrected chi connectivity index (χ0v) is 24.4. The molecule has 3 rings (SSSR count). The summed E-state index contributed by atoms with van der Waals surface area (Å²) in [6, 6.07) is 8.34. The summed E-state index contributed by atoms with van der Waals surface area (Å²) in [5.41, 5.74) is 0.545. The molecule has 7 nitrogen and oxygen atoms in total. The second-order valence-electron chi connectivity index (χ2n) is 9.11. The molecule has 12 heteroatoms. The van der Waals surface area contributed by atoms with Crippen molar-refractivity contribution in [1.82, 2.24) is 10.2 Å². The normalized spacial score (nSPS) is 15.2. The summed E-state index contributed by atoms with van der Waals surface area (Å²) < 4.78 is 26.3. The number of benzene rings is 2. The molecule has 0 aromatic heterocycles. The van der Waals surface area contributed by atoms with Crippen LogP contribution < -0.4 is 9.62 Å². The molecule has 1 fully saturated rings. The Bertz CT molecular complexity index is 1230. The van der Waals surface area contributed by atoms with Crippen molar-refractivity contribution in [3.05, 3.63) is 62.1 Å². The lowest BCUT2D eigenvalue weighted by molar-refractivity contribution is -0.139. The van der Waals surface area contributed by atoms with Gasteiger partial charge in [-0.1, -0.05) is 71.7 Å². The Morgan fingerprint density at radius 2 is 1.62 bits per heavy atom. The van der Waals surface area contributed by atoms with Crippen LogP contribution in [0.2, 0.25) is 20.1 Å². The van der Waals surface area contributed by atoms with E-state index in [4.69, 9.17) is 46.4 Å². The van der Waals surface area contributed by atoms with Gasteiger partial charge in [0, 0.05) is 33.2 Å². The number of hydrogen-bond donors (Lipinski definition) is 1. The molecular weight excluding hydrogens is 580 g/mol. The van der Waals surface area contributed by atoms with E-state index in [-0.39, 0.29) is 29.2 Å². The highest BCUT2D eigenvalue weighted by molar-refractivity contribution is 7.92. The lowest BCUT2D eigenvalue weighted by Gasteiger charge is -2.33. The number of amides is 2. The number of hydrogen-bond acceptors (Lipinski definition) is 4. The first-order valence-electron chi connectivity index (χ1n) is 11.8. The van der Waals surface area contributed by atoms with Crippen molar-refractivity contribution in [3.8, 4) is 0 Å². The topological polar surface area (TPSA) is 86.8 Å². The van der Waals surface area contributed by atoms with Crippen LogP contribution in [0.4, 0.5) is 5.69 Å². The van der Waals surface area contributed by atoms with Gasteiger partial charge in [-0.3, -0.25) is 13.9 Å². The average Bonchev–Trinajstić information content (AvgIpc) is 2.82. The molecule has 0 heterocycles. The van der Waals surface area contributed by atoms with E-state index in [1.807, 2.05) is 0 Å². The average molecular weight is 609 g/mol. The molecule has 0 spiro atoms. The van der Waals surface area contributed by atoms with E-state index in [2.05, 4.69) is 5.32 Å². The van der Waals surface area contributed by atoms with Gasteiger partial charge in [-0.25, -0.2) is 8.42 Å². The zero-order chi connectivity index (χ0) is 27.3. The van der Waals surface area contributed by atoms with Crippen LogP contribution in [0.3, 0.4) is 0 Å². The molecule has 2 aromatic carbocycles. The summed E-state index contributed by atoms with van der Waals surface area (Å²) in [6.45, 7) is 0.909. The number of carbonyl (C=O) groups excluding carboxylic acids is 2. The Morgan fingerprint density at radius 3 is 2.19 bits per heavy atom. The third kappa shape index (κ3) is 7.90. The molecule has 0 bridgehead atoms. The van der Waals surface area contributed by atoms with Gasteiger partial charge in [-0.2, -0.15) is 0 Å². The van der Waals surface area contributed by atoms with Crippen LogP contribution in [-0.2, 0) is 26.2 Å². The molecular formula is C25H29Cl4N3O4S. The smallest absolute Gasteiger partial charge is 0.244 e. The van der Waals surface area contributed by atoms with E-state index in [1.54, 1.807) is 25.1 Å². The first kappa shape index (κ1) is 29.8. The maximum absolute atomic E-state index is 13.7. The molecule has 1 atom stereocenters. The van der Waals surface area contributed by atoms with Crippen molar-refractivity contribution in [2.75, 3.05) is 17.1 Å². The highest BCUT2D eigenvalue weighted by Gasteiger charge is 2.32. The molecule has 2 aromatic rings. The zero-order valence-electron chi connectivity index (χ0n) is 20.5. The molecule has 0 radical (unpaired) electrons. The van der Waals surface area contributed by atoms with Gasteiger partial charge < -0.3 is 10.2 Å². The first-order valence-corrected chi connectivity index (χ1v) is 15.2. The number of nitrogens with one attached hydrogen (secondary N) is 1. The number of carbonyl (C=O) groups is 2. The lowest BCUT2D eigenvalue weighted by atomic mass is 9.95. The molecule has 2 amide bonds. The summed E-state index contributed by atoms with van der Waals surface area (Å²) >= 11 is 25.0. The third-order valence-electron chi connectivity index (χ3n) is 6.37. The minimum absolute atomic E-state index is 0.0324. The van der Waals surface area contributed by atoms with Gasteiger partial charge in [0.05, 0.1) is 17.0 Å². The van der Waals surface area contributed by atoms with E-state index < -0.39 is 28.5 Å². The van der Waals surface area contributed by atoms with Gasteiger partial charge in [0.2, 0.25) is 21.8 Å². The summed E-state index contributed by atoms with van der Waals surface area (Å²) in [5, 5.41) is 4.06. The molecule has 1 unspecified atom stereocenters. The fourth-order valence-corrected chi connectivity index (χ4v) is 6.22. The number of halogens is 4. The number of rotatable bonds is 9. The standard InChI is InChI=1S/C25H29Cl4N3O4S/c1-16(25(34)30-18-7-4-3-5-8-18)31(14-19-20(27)9-6-10-21(19)28)24(33)15-32(37(2,35)36)23-12-11-17(26)13-22(23)29/h6,9-13,16,18H,3-5,7-8,14-15H2,1-2H3,(H,30,34). The van der Waals surface area contributed by atoms with Crippen LogP contribution in [0.1, 0.15) is 44.6 Å². The van der Waals surface area contributed by atoms with E-state index in [9.17, 15) is 18.0 Å². The Labute approximate surface area is 238 Å². The minimum Gasteiger partial charge on any atom is -0.352 e. The lowest BCUT2D eigenvalue weighted by Crippen LogP contribution is -2.53. The SMILES string of the molecule is CC(C(=O)NC1CCCCC1)N(Cc1c(Cl)cccc1Cl)C(=O)CN(c1ccc(Cl)cc1Cl)S(C)(=O)=O. The van der Waals surface area contributed by atoms with Crippen LogP contribution in [0.25, 0.3) is 0 Å². The highest BCUT2D eigenvalue weighted by Crippen LogP contribution is 2.31. The maximum atomic E-state index is 13.7. The van der Waals surface area contributed by atoms with Crippen LogP contribution in [-0.4, -0.2) is 50.0 Å². The molecule has 1 aliphatic rings. The molecule has 1 saturated carbocycles. The van der Waals surface area contributed by atoms with Crippen LogP contribution in [0.15, 0.2) is 36.4 Å². The Balaban J connectivity index is 1.94. The van der Waals surface area contributed by atoms with Gasteiger partial charge in [0.25, 0.3) is 0 Å². The van der Waals surface area contributed by atoms with Crippen molar-refractivity contribution in [3.63, 3.8) is 0 Å². The summed E-state index contributed by atoms with van der Waals surface area (Å²) in [4.78, 5) is 28.2. The molecule has 1 aliphatic carbocycles. The summed E-state index contributed by atoms with van der Waals surface area (Å²) in [7, 11) is -3.93. The largest absolute Gasteiger partial charge is 0.352 e. The van der Waals surface area contributed by atoms with E-state index in [1.165, 1.54) is 23.1 Å². The summed E-state index contributed by atoms with van der Waals surface area (Å²) in [5.74, 6) is -0.961. The second kappa shape index (κ2) is 12.9. The highest BCUT2D eigenvalue weighted by atomic mass is 35.5. The van der Waals surface area contributed by atoms with Crippen LogP contribution in [0.5, 0.6) is 0 Å². The fourth-order valence-electron chi connectivity index (χ4n) is 4.28. The third-order valence-corrected chi connectivity index (χ3v) is 8.74. The monoisotopic (exact) mass is 607 g/mol. The van der Waals surface area contributed by atoms with Crippen molar-refractivity contribution in [1.29, 1.82) is 0 Å². The van der Waals surface area contributed by atoms with E-state index in [0.29, 0.717) is 20.6 Å². The quantitative estimate of drug-likeness (QED) is 0.382. The molecule has 202 valence electrons. The number of anilines is 1. The van der Waals surface area contributed by atoms with Crippen molar-refractivity contribution < 1.29 is 18.0 Å².